The van der Waals surface area contributed by atoms with Crippen LogP contribution in [-0.2, 0) is 21.4 Å². The van der Waals surface area contributed by atoms with E-state index in [2.05, 4.69) is 15.5 Å². The number of nitrogens with zero attached hydrogens (tertiary/aromatic N) is 4. The molecule has 1 N–H and O–H groups in total. The zero-order valence-electron chi connectivity index (χ0n) is 18.4. The average molecular weight is 490 g/mol. The van der Waals surface area contributed by atoms with Crippen LogP contribution in [0, 0.1) is 5.92 Å². The average Bonchev–Trinajstić information content (AvgIpc) is 3.47. The van der Waals surface area contributed by atoms with Crippen LogP contribution >= 0.6 is 11.8 Å². The van der Waals surface area contributed by atoms with Gasteiger partial charge in [0.15, 0.2) is 10.9 Å². The zero-order valence-corrected chi connectivity index (χ0v) is 20.0. The Bertz CT molecular complexity index is 1150. The minimum atomic E-state index is -3.14. The number of sulfonamides is 1. The van der Waals surface area contributed by atoms with Crippen molar-refractivity contribution in [2.45, 2.75) is 24.5 Å². The Morgan fingerprint density at radius 1 is 1.15 bits per heavy atom. The number of hydrogen-bond acceptors (Lipinski definition) is 7. The summed E-state index contributed by atoms with van der Waals surface area (Å²) in [5.41, 5.74) is 1.09. The third-order valence-corrected chi connectivity index (χ3v) is 7.87. The van der Waals surface area contributed by atoms with Gasteiger partial charge in [0.25, 0.3) is 0 Å². The first kappa shape index (κ1) is 23.5. The van der Waals surface area contributed by atoms with Crippen molar-refractivity contribution in [2.75, 3.05) is 31.6 Å². The van der Waals surface area contributed by atoms with Gasteiger partial charge in [-0.3, -0.25) is 9.36 Å². The quantitative estimate of drug-likeness (QED) is 0.460. The molecule has 0 bridgehead atoms. The first-order valence-corrected chi connectivity index (χ1v) is 13.6. The molecular formula is C22H27N5O4S2. The molecule has 0 radical (unpaired) electrons. The number of rotatable bonds is 9. The van der Waals surface area contributed by atoms with Crippen LogP contribution in [0.15, 0.2) is 58.3 Å². The third kappa shape index (κ3) is 6.24. The lowest BCUT2D eigenvalue weighted by Gasteiger charge is -2.30. The van der Waals surface area contributed by atoms with E-state index in [9.17, 15) is 13.2 Å². The summed E-state index contributed by atoms with van der Waals surface area (Å²) in [4.78, 5) is 12.5. The SMILES string of the molecule is CS(=O)(=O)N1CCC(CNC(=O)CSc2nnc(-c3ccco3)n2Cc2ccccc2)CC1. The van der Waals surface area contributed by atoms with Crippen LogP contribution in [0.4, 0.5) is 0 Å². The van der Waals surface area contributed by atoms with Gasteiger partial charge in [0.2, 0.25) is 21.8 Å². The van der Waals surface area contributed by atoms with Gasteiger partial charge in [0.05, 0.1) is 24.8 Å². The Kier molecular flexibility index (Phi) is 7.51. The van der Waals surface area contributed by atoms with Gasteiger partial charge in [0.1, 0.15) is 0 Å². The number of thioether (sulfide) groups is 1. The Morgan fingerprint density at radius 3 is 2.58 bits per heavy atom. The Morgan fingerprint density at radius 2 is 1.91 bits per heavy atom. The van der Waals surface area contributed by atoms with Gasteiger partial charge >= 0.3 is 0 Å². The molecule has 1 saturated heterocycles. The number of benzene rings is 1. The Labute approximate surface area is 197 Å². The van der Waals surface area contributed by atoms with E-state index in [4.69, 9.17) is 4.42 Å². The summed E-state index contributed by atoms with van der Waals surface area (Å²) in [5.74, 6) is 1.65. The van der Waals surface area contributed by atoms with Crippen LogP contribution in [0.25, 0.3) is 11.6 Å². The van der Waals surface area contributed by atoms with Crippen molar-refractivity contribution in [3.05, 3.63) is 54.3 Å². The van der Waals surface area contributed by atoms with Crippen molar-refractivity contribution in [1.29, 1.82) is 0 Å². The number of hydrogen-bond donors (Lipinski definition) is 1. The normalized spacial score (nSPS) is 15.5. The van der Waals surface area contributed by atoms with Gasteiger partial charge in [-0.15, -0.1) is 10.2 Å². The molecule has 1 aliphatic heterocycles. The van der Waals surface area contributed by atoms with Crippen molar-refractivity contribution in [3.63, 3.8) is 0 Å². The molecule has 0 atom stereocenters. The molecule has 1 aliphatic rings. The van der Waals surface area contributed by atoms with Crippen LogP contribution < -0.4 is 5.32 Å². The van der Waals surface area contributed by atoms with Crippen molar-refractivity contribution < 1.29 is 17.6 Å². The summed E-state index contributed by atoms with van der Waals surface area (Å²) in [6.07, 6.45) is 4.33. The Hall–Kier alpha value is -2.63. The van der Waals surface area contributed by atoms with E-state index in [-0.39, 0.29) is 17.6 Å². The van der Waals surface area contributed by atoms with Crippen molar-refractivity contribution in [2.24, 2.45) is 5.92 Å². The van der Waals surface area contributed by atoms with E-state index in [1.807, 2.05) is 41.0 Å². The summed E-state index contributed by atoms with van der Waals surface area (Å²) in [5, 5.41) is 12.2. The largest absolute Gasteiger partial charge is 0.461 e. The second-order valence-electron chi connectivity index (χ2n) is 8.05. The fraction of sp³-hybridized carbons (Fsp3) is 0.409. The minimum Gasteiger partial charge on any atom is -0.461 e. The lowest BCUT2D eigenvalue weighted by atomic mass is 9.98. The van der Waals surface area contributed by atoms with E-state index in [0.717, 1.165) is 18.4 Å². The highest BCUT2D eigenvalue weighted by Crippen LogP contribution is 2.25. The number of carbonyl (C=O) groups is 1. The number of nitrogens with one attached hydrogen (secondary N) is 1. The third-order valence-electron chi connectivity index (χ3n) is 5.60. The fourth-order valence-corrected chi connectivity index (χ4v) is 5.42. The van der Waals surface area contributed by atoms with Gasteiger partial charge < -0.3 is 9.73 Å². The van der Waals surface area contributed by atoms with Crippen molar-refractivity contribution >= 4 is 27.7 Å². The molecule has 0 aliphatic carbocycles. The smallest absolute Gasteiger partial charge is 0.230 e. The molecule has 1 fully saturated rings. The predicted octanol–water partition coefficient (Wildman–Crippen LogP) is 2.47. The van der Waals surface area contributed by atoms with Gasteiger partial charge in [-0.25, -0.2) is 12.7 Å². The lowest BCUT2D eigenvalue weighted by Crippen LogP contribution is -2.41. The maximum absolute atomic E-state index is 12.5. The van der Waals surface area contributed by atoms with Gasteiger partial charge in [-0.05, 0) is 36.5 Å². The van der Waals surface area contributed by atoms with Crippen LogP contribution in [0.1, 0.15) is 18.4 Å². The maximum Gasteiger partial charge on any atom is 0.230 e. The molecule has 9 nitrogen and oxygen atoms in total. The molecule has 2 aromatic heterocycles. The number of furan rings is 1. The molecule has 0 unspecified atom stereocenters. The maximum atomic E-state index is 12.5. The first-order chi connectivity index (χ1) is 15.9. The molecule has 3 aromatic rings. The van der Waals surface area contributed by atoms with E-state index in [1.165, 1.54) is 22.3 Å². The molecule has 176 valence electrons. The molecule has 4 rings (SSSR count). The minimum absolute atomic E-state index is 0.0839. The topological polar surface area (TPSA) is 110 Å². The summed E-state index contributed by atoms with van der Waals surface area (Å²) < 4.78 is 32.2. The van der Waals surface area contributed by atoms with Crippen LogP contribution in [0.3, 0.4) is 0 Å². The van der Waals surface area contributed by atoms with Crippen molar-refractivity contribution in [1.82, 2.24) is 24.4 Å². The first-order valence-electron chi connectivity index (χ1n) is 10.8. The second kappa shape index (κ2) is 10.5. The molecule has 0 saturated carbocycles. The highest BCUT2D eigenvalue weighted by molar-refractivity contribution is 7.99. The van der Waals surface area contributed by atoms with Crippen LogP contribution in [0.5, 0.6) is 0 Å². The lowest BCUT2D eigenvalue weighted by molar-refractivity contribution is -0.118. The monoisotopic (exact) mass is 489 g/mol. The molecule has 11 heteroatoms. The molecular weight excluding hydrogens is 462 g/mol. The summed E-state index contributed by atoms with van der Waals surface area (Å²) in [6, 6.07) is 13.6. The van der Waals surface area contributed by atoms with Crippen LogP contribution in [-0.4, -0.2) is 65.0 Å². The summed E-state index contributed by atoms with van der Waals surface area (Å²) in [6.45, 7) is 2.12. The summed E-state index contributed by atoms with van der Waals surface area (Å²) >= 11 is 1.33. The fourth-order valence-electron chi connectivity index (χ4n) is 3.78. The second-order valence-corrected chi connectivity index (χ2v) is 11.0. The van der Waals surface area contributed by atoms with Crippen LogP contribution in [0.2, 0.25) is 0 Å². The molecule has 1 aromatic carbocycles. The molecule has 1 amide bonds. The van der Waals surface area contributed by atoms with E-state index in [0.29, 0.717) is 42.9 Å². The van der Waals surface area contributed by atoms with Gasteiger partial charge in [-0.2, -0.15) is 0 Å². The standard InChI is InChI=1S/C22H27N5O4S2/c1-33(29,30)26-11-9-17(10-12-26)14-23-20(28)16-32-22-25-24-21(19-8-5-13-31-19)27(22)15-18-6-3-2-4-7-18/h2-8,13,17H,9-12,14-16H2,1H3,(H,23,28). The van der Waals surface area contributed by atoms with E-state index >= 15 is 0 Å². The highest BCUT2D eigenvalue weighted by Gasteiger charge is 2.25. The van der Waals surface area contributed by atoms with Gasteiger partial charge in [0, 0.05) is 19.6 Å². The number of amides is 1. The van der Waals surface area contributed by atoms with Crippen molar-refractivity contribution in [3.8, 4) is 11.6 Å². The Balaban J connectivity index is 1.34. The van der Waals surface area contributed by atoms with E-state index < -0.39 is 10.0 Å². The predicted molar refractivity (Wildman–Crippen MR) is 126 cm³/mol. The number of carbonyl (C=O) groups excluding carboxylic acids is 1. The highest BCUT2D eigenvalue weighted by atomic mass is 32.2. The van der Waals surface area contributed by atoms with E-state index in [1.54, 1.807) is 12.3 Å². The molecule has 0 spiro atoms. The summed E-state index contributed by atoms with van der Waals surface area (Å²) in [7, 11) is -3.14. The van der Waals surface area contributed by atoms with Gasteiger partial charge in [-0.1, -0.05) is 42.1 Å². The molecule has 3 heterocycles. The number of piperidine rings is 1. The number of aromatic nitrogens is 3. The zero-order chi connectivity index (χ0) is 23.3. The molecule has 33 heavy (non-hydrogen) atoms.